The van der Waals surface area contributed by atoms with Crippen LogP contribution in [0.1, 0.15) is 16.8 Å². The lowest BCUT2D eigenvalue weighted by atomic mass is 10.1. The normalized spacial score (nSPS) is 16.7. The predicted molar refractivity (Wildman–Crippen MR) is 97.5 cm³/mol. The van der Waals surface area contributed by atoms with Crippen molar-refractivity contribution in [2.45, 2.75) is 12.5 Å². The van der Waals surface area contributed by atoms with Crippen LogP contribution in [0.2, 0.25) is 0 Å². The summed E-state index contributed by atoms with van der Waals surface area (Å²) >= 11 is 0. The summed E-state index contributed by atoms with van der Waals surface area (Å²) in [6.45, 7) is 1.19. The number of benzene rings is 2. The molecule has 1 aromatic heterocycles. The van der Waals surface area contributed by atoms with Crippen LogP contribution in [0.5, 0.6) is 11.8 Å². The quantitative estimate of drug-likeness (QED) is 0.725. The zero-order valence-electron chi connectivity index (χ0n) is 14.5. The first-order valence-electron chi connectivity index (χ1n) is 8.54. The lowest BCUT2D eigenvalue weighted by Gasteiger charge is -2.17. The number of hydrogen-bond acceptors (Lipinski definition) is 5. The number of likely N-dealkylation sites (tertiary alicyclic amines) is 1. The summed E-state index contributed by atoms with van der Waals surface area (Å²) < 4.78 is 10.9. The van der Waals surface area contributed by atoms with E-state index in [1.165, 1.54) is 13.3 Å². The van der Waals surface area contributed by atoms with Crippen LogP contribution < -0.4 is 9.47 Å². The van der Waals surface area contributed by atoms with Crippen molar-refractivity contribution in [2.24, 2.45) is 0 Å². The van der Waals surface area contributed by atoms with Gasteiger partial charge in [0.25, 0.3) is 5.91 Å². The van der Waals surface area contributed by atoms with Crippen molar-refractivity contribution in [1.82, 2.24) is 14.9 Å². The second-order valence-electron chi connectivity index (χ2n) is 6.24. The summed E-state index contributed by atoms with van der Waals surface area (Å²) in [4.78, 5) is 22.9. The van der Waals surface area contributed by atoms with Gasteiger partial charge in [-0.05, 0) is 22.9 Å². The zero-order valence-corrected chi connectivity index (χ0v) is 14.5. The van der Waals surface area contributed by atoms with Crippen LogP contribution >= 0.6 is 0 Å². The fourth-order valence-corrected chi connectivity index (χ4v) is 3.17. The number of amides is 1. The number of carbonyl (C=O) groups is 1. The number of rotatable bonds is 4. The molecular weight excluding hydrogens is 330 g/mol. The van der Waals surface area contributed by atoms with Crippen molar-refractivity contribution in [3.8, 4) is 11.8 Å². The van der Waals surface area contributed by atoms with Gasteiger partial charge in [0.2, 0.25) is 11.8 Å². The number of hydrogen-bond donors (Lipinski definition) is 0. The minimum absolute atomic E-state index is 0.0265. The molecule has 1 unspecified atom stereocenters. The van der Waals surface area contributed by atoms with Gasteiger partial charge in [-0.1, -0.05) is 30.3 Å². The first-order valence-corrected chi connectivity index (χ1v) is 8.54. The number of ether oxygens (including phenoxy) is 2. The SMILES string of the molecule is COc1cncc(OC2CCN(C(=O)c3ccc4ccccc4c3)C2)n1. The van der Waals surface area contributed by atoms with Crippen molar-refractivity contribution >= 4 is 16.7 Å². The molecule has 0 saturated carbocycles. The highest BCUT2D eigenvalue weighted by molar-refractivity contribution is 5.98. The Morgan fingerprint density at radius 3 is 2.77 bits per heavy atom. The van der Waals surface area contributed by atoms with E-state index in [1.54, 1.807) is 6.20 Å². The second-order valence-corrected chi connectivity index (χ2v) is 6.24. The summed E-state index contributed by atoms with van der Waals surface area (Å²) in [5, 5.41) is 2.19. The molecule has 6 heteroatoms. The molecule has 26 heavy (non-hydrogen) atoms. The Hall–Kier alpha value is -3.15. The molecule has 2 aromatic carbocycles. The van der Waals surface area contributed by atoms with Crippen LogP contribution in [0.3, 0.4) is 0 Å². The van der Waals surface area contributed by atoms with Crippen LogP contribution in [-0.2, 0) is 0 Å². The minimum Gasteiger partial charge on any atom is -0.480 e. The molecule has 3 aromatic rings. The maximum atomic E-state index is 12.8. The van der Waals surface area contributed by atoms with Crippen molar-refractivity contribution in [2.75, 3.05) is 20.2 Å². The highest BCUT2D eigenvalue weighted by Gasteiger charge is 2.28. The Morgan fingerprint density at radius 1 is 1.12 bits per heavy atom. The van der Waals surface area contributed by atoms with Crippen LogP contribution in [0.4, 0.5) is 0 Å². The molecule has 1 fully saturated rings. The Morgan fingerprint density at radius 2 is 1.92 bits per heavy atom. The molecule has 2 heterocycles. The maximum Gasteiger partial charge on any atom is 0.254 e. The summed E-state index contributed by atoms with van der Waals surface area (Å²) in [6, 6.07) is 13.8. The molecule has 1 aliphatic heterocycles. The number of fused-ring (bicyclic) bond motifs is 1. The van der Waals surface area contributed by atoms with Gasteiger partial charge in [0.15, 0.2) is 0 Å². The van der Waals surface area contributed by atoms with E-state index in [0.717, 1.165) is 17.2 Å². The van der Waals surface area contributed by atoms with Gasteiger partial charge in [-0.15, -0.1) is 0 Å². The summed E-state index contributed by atoms with van der Waals surface area (Å²) in [5.74, 6) is 0.845. The van der Waals surface area contributed by atoms with Gasteiger partial charge < -0.3 is 14.4 Å². The van der Waals surface area contributed by atoms with Crippen LogP contribution in [-0.4, -0.2) is 47.1 Å². The Bertz CT molecular complexity index is 944. The van der Waals surface area contributed by atoms with Gasteiger partial charge in [0.1, 0.15) is 6.10 Å². The molecule has 1 saturated heterocycles. The van der Waals surface area contributed by atoms with Crippen molar-refractivity contribution in [3.63, 3.8) is 0 Å². The highest BCUT2D eigenvalue weighted by Crippen LogP contribution is 2.21. The van der Waals surface area contributed by atoms with Crippen molar-refractivity contribution in [3.05, 3.63) is 60.4 Å². The van der Waals surface area contributed by atoms with Crippen LogP contribution in [0.25, 0.3) is 10.8 Å². The van der Waals surface area contributed by atoms with Crippen molar-refractivity contribution in [1.29, 1.82) is 0 Å². The van der Waals surface area contributed by atoms with E-state index < -0.39 is 0 Å². The largest absolute Gasteiger partial charge is 0.480 e. The number of nitrogens with zero attached hydrogens (tertiary/aromatic N) is 3. The first kappa shape index (κ1) is 16.3. The summed E-state index contributed by atoms with van der Waals surface area (Å²) in [5.41, 5.74) is 0.700. The zero-order chi connectivity index (χ0) is 17.9. The van der Waals surface area contributed by atoms with E-state index in [9.17, 15) is 4.79 Å². The van der Waals surface area contributed by atoms with E-state index in [1.807, 2.05) is 47.4 Å². The molecule has 4 rings (SSSR count). The third-order valence-corrected chi connectivity index (χ3v) is 4.52. The molecular formula is C20H19N3O3. The average Bonchev–Trinajstić information content (AvgIpc) is 3.15. The van der Waals surface area contributed by atoms with Gasteiger partial charge in [0.05, 0.1) is 26.0 Å². The molecule has 0 spiro atoms. The monoisotopic (exact) mass is 349 g/mol. The maximum absolute atomic E-state index is 12.8. The highest BCUT2D eigenvalue weighted by atomic mass is 16.5. The van der Waals surface area contributed by atoms with E-state index in [4.69, 9.17) is 9.47 Å². The average molecular weight is 349 g/mol. The van der Waals surface area contributed by atoms with E-state index in [-0.39, 0.29) is 12.0 Å². The molecule has 1 amide bonds. The smallest absolute Gasteiger partial charge is 0.254 e. The topological polar surface area (TPSA) is 64.6 Å². The molecule has 0 N–H and O–H groups in total. The van der Waals surface area contributed by atoms with Gasteiger partial charge in [-0.25, -0.2) is 0 Å². The van der Waals surface area contributed by atoms with Crippen LogP contribution in [0.15, 0.2) is 54.9 Å². The van der Waals surface area contributed by atoms with Crippen LogP contribution in [0, 0.1) is 0 Å². The number of carbonyl (C=O) groups excluding carboxylic acids is 1. The molecule has 6 nitrogen and oxygen atoms in total. The van der Waals surface area contributed by atoms with E-state index in [2.05, 4.69) is 9.97 Å². The van der Waals surface area contributed by atoms with E-state index in [0.29, 0.717) is 30.4 Å². The fraction of sp³-hybridized carbons (Fsp3) is 0.250. The fourth-order valence-electron chi connectivity index (χ4n) is 3.17. The summed E-state index contributed by atoms with van der Waals surface area (Å²) in [7, 11) is 1.54. The lowest BCUT2D eigenvalue weighted by molar-refractivity contribution is 0.0771. The third-order valence-electron chi connectivity index (χ3n) is 4.52. The van der Waals surface area contributed by atoms with Gasteiger partial charge in [-0.3, -0.25) is 9.78 Å². The molecule has 0 radical (unpaired) electrons. The van der Waals surface area contributed by atoms with Gasteiger partial charge >= 0.3 is 0 Å². The number of methoxy groups -OCH3 is 1. The lowest BCUT2D eigenvalue weighted by Crippen LogP contribution is -2.31. The Labute approximate surface area is 151 Å². The number of aromatic nitrogens is 2. The van der Waals surface area contributed by atoms with Gasteiger partial charge in [-0.2, -0.15) is 4.98 Å². The Kier molecular flexibility index (Phi) is 4.39. The predicted octanol–water partition coefficient (Wildman–Crippen LogP) is 2.93. The molecule has 132 valence electrons. The van der Waals surface area contributed by atoms with Crippen molar-refractivity contribution < 1.29 is 14.3 Å². The summed E-state index contributed by atoms with van der Waals surface area (Å²) in [6.07, 6.45) is 3.74. The standard InChI is InChI=1S/C20H19N3O3/c1-25-18-11-21-12-19(22-18)26-17-8-9-23(13-17)20(24)16-7-6-14-4-2-3-5-15(14)10-16/h2-7,10-12,17H,8-9,13H2,1H3. The molecule has 1 atom stereocenters. The Balaban J connectivity index is 1.44. The van der Waals surface area contributed by atoms with Gasteiger partial charge in [0, 0.05) is 18.5 Å². The van der Waals surface area contributed by atoms with E-state index >= 15 is 0 Å². The first-order chi connectivity index (χ1) is 12.7. The molecule has 0 aliphatic carbocycles. The molecule has 1 aliphatic rings. The minimum atomic E-state index is -0.0965. The molecule has 0 bridgehead atoms. The third kappa shape index (κ3) is 3.31. The second kappa shape index (κ2) is 7.00.